The summed E-state index contributed by atoms with van der Waals surface area (Å²) in [6.45, 7) is 0. The average Bonchev–Trinajstić information content (AvgIpc) is 2.93. The van der Waals surface area contributed by atoms with Crippen molar-refractivity contribution in [1.82, 2.24) is 4.98 Å². The van der Waals surface area contributed by atoms with Crippen molar-refractivity contribution in [2.24, 2.45) is 5.18 Å². The molecule has 0 N–H and O–H groups in total. The Hall–Kier alpha value is -2.78. The van der Waals surface area contributed by atoms with E-state index in [-0.39, 0.29) is 11.4 Å². The van der Waals surface area contributed by atoms with Gasteiger partial charge in [0.15, 0.2) is 11.6 Å². The van der Waals surface area contributed by atoms with Crippen molar-refractivity contribution in [2.45, 2.75) is 0 Å². The molecule has 6 heteroatoms. The van der Waals surface area contributed by atoms with E-state index in [0.29, 0.717) is 11.3 Å². The van der Waals surface area contributed by atoms with Crippen molar-refractivity contribution in [1.29, 1.82) is 0 Å². The molecule has 0 spiro atoms. The summed E-state index contributed by atoms with van der Waals surface area (Å²) in [5.41, 5.74) is 0.697. The second-order valence-corrected chi connectivity index (χ2v) is 5.14. The zero-order valence-electron chi connectivity index (χ0n) is 10.5. The topological polar surface area (TPSA) is 51.6 Å². The monoisotopic (exact) mass is 298 g/mol. The minimum atomic E-state index is -0.661. The standard InChI is InChI=1S/C15H7FN2O2S/c1-2-10-8-12-15(21-10)14(5-6-17-12)20-13-4-3-9(18-19)7-11(13)16/h1,3-8H. The summed E-state index contributed by atoms with van der Waals surface area (Å²) < 4.78 is 20.1. The van der Waals surface area contributed by atoms with Crippen LogP contribution in [-0.2, 0) is 0 Å². The quantitative estimate of drug-likeness (QED) is 0.524. The fourth-order valence-corrected chi connectivity index (χ4v) is 2.69. The Morgan fingerprint density at radius 1 is 1.29 bits per heavy atom. The van der Waals surface area contributed by atoms with E-state index < -0.39 is 5.82 Å². The van der Waals surface area contributed by atoms with Gasteiger partial charge in [-0.25, -0.2) is 4.39 Å². The van der Waals surface area contributed by atoms with Gasteiger partial charge in [-0.1, -0.05) is 5.92 Å². The van der Waals surface area contributed by atoms with Crippen LogP contribution in [0.4, 0.5) is 10.1 Å². The number of thiophene rings is 1. The van der Waals surface area contributed by atoms with Crippen LogP contribution in [0.5, 0.6) is 11.5 Å². The van der Waals surface area contributed by atoms with Crippen LogP contribution in [0.2, 0.25) is 0 Å². The Labute approximate surface area is 123 Å². The highest BCUT2D eigenvalue weighted by molar-refractivity contribution is 7.19. The molecule has 0 aliphatic rings. The molecule has 0 fully saturated rings. The number of terminal acetylenes is 1. The van der Waals surface area contributed by atoms with Crippen LogP contribution in [-0.4, -0.2) is 4.98 Å². The largest absolute Gasteiger partial charge is 0.453 e. The summed E-state index contributed by atoms with van der Waals surface area (Å²) in [6.07, 6.45) is 6.92. The van der Waals surface area contributed by atoms with Gasteiger partial charge in [0, 0.05) is 18.3 Å². The summed E-state index contributed by atoms with van der Waals surface area (Å²) in [7, 11) is 0. The number of hydrogen-bond donors (Lipinski definition) is 0. The highest BCUT2D eigenvalue weighted by Crippen LogP contribution is 2.35. The van der Waals surface area contributed by atoms with Gasteiger partial charge >= 0.3 is 0 Å². The molecule has 102 valence electrons. The number of benzene rings is 1. The molecule has 1 aromatic carbocycles. The van der Waals surface area contributed by atoms with Crippen LogP contribution < -0.4 is 4.74 Å². The molecule has 0 atom stereocenters. The average molecular weight is 298 g/mol. The molecule has 21 heavy (non-hydrogen) atoms. The second-order valence-electron chi connectivity index (χ2n) is 4.09. The third-order valence-corrected chi connectivity index (χ3v) is 3.83. The van der Waals surface area contributed by atoms with E-state index in [4.69, 9.17) is 11.2 Å². The molecular formula is C15H7FN2O2S. The Bertz CT molecular complexity index is 883. The predicted octanol–water partition coefficient (Wildman–Crippen LogP) is 4.61. The van der Waals surface area contributed by atoms with E-state index >= 15 is 0 Å². The lowest BCUT2D eigenvalue weighted by atomic mass is 10.3. The van der Waals surface area contributed by atoms with Gasteiger partial charge < -0.3 is 4.74 Å². The van der Waals surface area contributed by atoms with Crippen LogP contribution in [0.1, 0.15) is 4.88 Å². The van der Waals surface area contributed by atoms with E-state index in [0.717, 1.165) is 15.6 Å². The predicted molar refractivity (Wildman–Crippen MR) is 79.5 cm³/mol. The number of pyridine rings is 1. The number of ether oxygens (including phenoxy) is 1. The van der Waals surface area contributed by atoms with Crippen LogP contribution in [0.15, 0.2) is 41.7 Å². The maximum atomic E-state index is 13.8. The summed E-state index contributed by atoms with van der Waals surface area (Å²) in [4.78, 5) is 15.3. The molecule has 0 unspecified atom stereocenters. The van der Waals surface area contributed by atoms with E-state index in [2.05, 4.69) is 16.1 Å². The van der Waals surface area contributed by atoms with E-state index in [1.807, 2.05) is 0 Å². The van der Waals surface area contributed by atoms with Crippen molar-refractivity contribution >= 4 is 27.2 Å². The van der Waals surface area contributed by atoms with Gasteiger partial charge in [0.2, 0.25) is 0 Å². The summed E-state index contributed by atoms with van der Waals surface area (Å²) in [5, 5.41) is 2.67. The summed E-state index contributed by atoms with van der Waals surface area (Å²) in [6, 6.07) is 7.15. The fourth-order valence-electron chi connectivity index (χ4n) is 1.81. The zero-order chi connectivity index (χ0) is 14.8. The smallest absolute Gasteiger partial charge is 0.167 e. The fraction of sp³-hybridized carbons (Fsp3) is 0. The first kappa shape index (κ1) is 13.2. The maximum Gasteiger partial charge on any atom is 0.167 e. The van der Waals surface area contributed by atoms with Crippen molar-refractivity contribution < 1.29 is 9.13 Å². The lowest BCUT2D eigenvalue weighted by Crippen LogP contribution is -1.88. The van der Waals surface area contributed by atoms with Gasteiger partial charge in [0.1, 0.15) is 11.4 Å². The van der Waals surface area contributed by atoms with Crippen LogP contribution >= 0.6 is 11.3 Å². The molecule has 0 bridgehead atoms. The first-order chi connectivity index (χ1) is 10.2. The van der Waals surface area contributed by atoms with Crippen molar-refractivity contribution in [3.63, 3.8) is 0 Å². The Kier molecular flexibility index (Phi) is 3.34. The van der Waals surface area contributed by atoms with Gasteiger partial charge in [0.05, 0.1) is 15.1 Å². The van der Waals surface area contributed by atoms with Crippen molar-refractivity contribution in [3.05, 3.63) is 52.1 Å². The molecular weight excluding hydrogens is 291 g/mol. The van der Waals surface area contributed by atoms with Crippen LogP contribution in [0, 0.1) is 23.1 Å². The molecule has 0 aliphatic carbocycles. The number of hydrogen-bond acceptors (Lipinski definition) is 5. The van der Waals surface area contributed by atoms with E-state index in [1.165, 1.54) is 23.5 Å². The number of fused-ring (bicyclic) bond motifs is 1. The molecule has 2 aromatic heterocycles. The van der Waals surface area contributed by atoms with Crippen molar-refractivity contribution in [2.75, 3.05) is 0 Å². The molecule has 0 saturated carbocycles. The first-order valence-corrected chi connectivity index (χ1v) is 6.69. The van der Waals surface area contributed by atoms with Gasteiger partial charge in [-0.05, 0) is 23.4 Å². The number of nitrogens with zero attached hydrogens (tertiary/aromatic N) is 2. The Morgan fingerprint density at radius 3 is 2.86 bits per heavy atom. The second kappa shape index (κ2) is 5.31. The summed E-state index contributed by atoms with van der Waals surface area (Å²) >= 11 is 1.34. The lowest BCUT2D eigenvalue weighted by molar-refractivity contribution is 0.447. The lowest BCUT2D eigenvalue weighted by Gasteiger charge is -2.07. The SMILES string of the molecule is C#Cc1cc2nccc(Oc3ccc(N=O)cc3F)c2s1. The maximum absolute atomic E-state index is 13.8. The zero-order valence-corrected chi connectivity index (χ0v) is 11.4. The number of nitroso groups, excluding NO2 is 1. The van der Waals surface area contributed by atoms with Crippen LogP contribution in [0.3, 0.4) is 0 Å². The van der Waals surface area contributed by atoms with Gasteiger partial charge in [0.25, 0.3) is 0 Å². The number of aromatic nitrogens is 1. The minimum Gasteiger partial charge on any atom is -0.453 e. The molecule has 4 nitrogen and oxygen atoms in total. The minimum absolute atomic E-state index is 0.00506. The highest BCUT2D eigenvalue weighted by Gasteiger charge is 2.11. The molecule has 3 rings (SSSR count). The Morgan fingerprint density at radius 2 is 2.14 bits per heavy atom. The van der Waals surface area contributed by atoms with Gasteiger partial charge in [-0.2, -0.15) is 0 Å². The number of halogens is 1. The first-order valence-electron chi connectivity index (χ1n) is 5.87. The third-order valence-electron chi connectivity index (χ3n) is 2.76. The molecule has 3 aromatic rings. The highest BCUT2D eigenvalue weighted by atomic mass is 32.1. The molecule has 0 aliphatic heterocycles. The van der Waals surface area contributed by atoms with Crippen LogP contribution in [0.25, 0.3) is 10.2 Å². The van der Waals surface area contributed by atoms with E-state index in [1.54, 1.807) is 18.3 Å². The van der Waals surface area contributed by atoms with E-state index in [9.17, 15) is 9.30 Å². The normalized spacial score (nSPS) is 10.3. The summed E-state index contributed by atoms with van der Waals surface area (Å²) in [5.74, 6) is 2.34. The van der Waals surface area contributed by atoms with Crippen molar-refractivity contribution in [3.8, 4) is 23.8 Å². The molecule has 0 saturated heterocycles. The van der Waals surface area contributed by atoms with Gasteiger partial charge in [-0.3, -0.25) is 4.98 Å². The number of rotatable bonds is 3. The molecule has 0 radical (unpaired) electrons. The molecule has 0 amide bonds. The van der Waals surface area contributed by atoms with Gasteiger partial charge in [-0.15, -0.1) is 22.7 Å². The molecule has 2 heterocycles. The third kappa shape index (κ3) is 2.47. The Balaban J connectivity index is 2.04.